The number of nitrogens with two attached hydrogens (primary N) is 1. The summed E-state index contributed by atoms with van der Waals surface area (Å²) in [6.45, 7) is 20.5. The molecule has 0 aliphatic rings. The average Bonchev–Trinajstić information content (AvgIpc) is 2.06. The molecule has 0 aliphatic carbocycles. The topological polar surface area (TPSA) is 80.0 Å². The van der Waals surface area contributed by atoms with E-state index in [0.717, 1.165) is 5.95 Å². The van der Waals surface area contributed by atoms with Crippen molar-refractivity contribution in [3.05, 3.63) is 0 Å². The van der Waals surface area contributed by atoms with Gasteiger partial charge in [0, 0.05) is 0 Å². The smallest absolute Gasteiger partial charge is 0.226 e. The van der Waals surface area contributed by atoms with Crippen LogP contribution in [0.15, 0.2) is 0 Å². The van der Waals surface area contributed by atoms with Gasteiger partial charge in [0.25, 0.3) is 0 Å². The summed E-state index contributed by atoms with van der Waals surface area (Å²) in [5, 5.41) is 0. The van der Waals surface area contributed by atoms with Crippen LogP contribution in [0.5, 0.6) is 0 Å². The molecule has 21 heavy (non-hydrogen) atoms. The second-order valence-electron chi connectivity index (χ2n) is 8.37. The molecule has 0 fully saturated rings. The van der Waals surface area contributed by atoms with Crippen molar-refractivity contribution in [2.45, 2.75) is 58.9 Å². The summed E-state index contributed by atoms with van der Waals surface area (Å²) in [4.78, 5) is 16.8. The van der Waals surface area contributed by atoms with E-state index in [1.165, 1.54) is 0 Å². The summed E-state index contributed by atoms with van der Waals surface area (Å²) in [6.07, 6.45) is 0. The third kappa shape index (κ3) is 5.40. The maximum atomic E-state index is 5.92. The molecule has 0 aliphatic heterocycles. The standard InChI is InChI=1S/C12H30N6Si3/c1-19(2,3)17-11-14-10(13)15-12(16-11)18(20(4,5)6)21(7,8)9/h1-9H3,(H3,13,14,15,16,17). The Morgan fingerprint density at radius 3 is 1.67 bits per heavy atom. The first-order valence-electron chi connectivity index (χ1n) is 7.30. The van der Waals surface area contributed by atoms with Crippen molar-refractivity contribution in [3.63, 3.8) is 0 Å². The molecule has 1 rings (SSSR count). The minimum atomic E-state index is -1.60. The van der Waals surface area contributed by atoms with Crippen LogP contribution in [0.4, 0.5) is 17.8 Å². The minimum Gasteiger partial charge on any atom is -0.394 e. The van der Waals surface area contributed by atoms with Gasteiger partial charge in [0.15, 0.2) is 0 Å². The number of nitrogens with zero attached hydrogens (tertiary/aromatic N) is 4. The number of nitrogen functional groups attached to an aromatic ring is 1. The van der Waals surface area contributed by atoms with Gasteiger partial charge in [-0.15, -0.1) is 0 Å². The van der Waals surface area contributed by atoms with Gasteiger partial charge in [-0.1, -0.05) is 58.9 Å². The van der Waals surface area contributed by atoms with Crippen molar-refractivity contribution < 1.29 is 0 Å². The Morgan fingerprint density at radius 2 is 1.29 bits per heavy atom. The zero-order valence-corrected chi connectivity index (χ0v) is 17.9. The summed E-state index contributed by atoms with van der Waals surface area (Å²) in [5.41, 5.74) is 5.92. The molecule has 0 amide bonds. The number of rotatable bonds is 5. The monoisotopic (exact) mass is 342 g/mol. The average molecular weight is 343 g/mol. The molecule has 0 bridgehead atoms. The number of anilines is 3. The van der Waals surface area contributed by atoms with Crippen molar-refractivity contribution in [1.29, 1.82) is 0 Å². The molecule has 1 aromatic rings. The molecule has 9 heteroatoms. The van der Waals surface area contributed by atoms with Gasteiger partial charge in [0.2, 0.25) is 17.8 Å². The zero-order valence-electron chi connectivity index (χ0n) is 14.9. The molecule has 0 aromatic carbocycles. The molecule has 0 saturated heterocycles. The van der Waals surface area contributed by atoms with E-state index < -0.39 is 24.7 Å². The first kappa shape index (κ1) is 18.1. The summed E-state index contributed by atoms with van der Waals surface area (Å²) in [6, 6.07) is 0. The van der Waals surface area contributed by atoms with Crippen LogP contribution in [0.1, 0.15) is 0 Å². The third-order valence-electron chi connectivity index (χ3n) is 2.67. The normalized spacial score (nSPS) is 13.2. The van der Waals surface area contributed by atoms with Crippen LogP contribution in [0, 0.1) is 0 Å². The lowest BCUT2D eigenvalue weighted by Crippen LogP contribution is -2.60. The predicted octanol–water partition coefficient (Wildman–Crippen LogP) is 3.18. The van der Waals surface area contributed by atoms with E-state index in [2.05, 4.69) is 83.1 Å². The van der Waals surface area contributed by atoms with Crippen LogP contribution in [0.2, 0.25) is 58.9 Å². The van der Waals surface area contributed by atoms with Gasteiger partial charge in [-0.05, 0) is 0 Å². The largest absolute Gasteiger partial charge is 0.394 e. The highest BCUT2D eigenvalue weighted by Crippen LogP contribution is 2.26. The van der Waals surface area contributed by atoms with E-state index in [1.807, 2.05) is 0 Å². The van der Waals surface area contributed by atoms with Crippen LogP contribution < -0.4 is 14.9 Å². The number of hydrogen-bond donors (Lipinski definition) is 2. The van der Waals surface area contributed by atoms with E-state index in [4.69, 9.17) is 5.73 Å². The third-order valence-corrected chi connectivity index (χ3v) is 10.8. The van der Waals surface area contributed by atoms with Gasteiger partial charge in [-0.3, -0.25) is 0 Å². The SMILES string of the molecule is C[Si](C)(C)Nc1nc(N)nc(N([Si](C)(C)C)[Si](C)(C)C)n1. The molecule has 6 nitrogen and oxygen atoms in total. The quantitative estimate of drug-likeness (QED) is 0.800. The lowest BCUT2D eigenvalue weighted by Gasteiger charge is -2.43. The fraction of sp³-hybridized carbons (Fsp3) is 0.750. The number of nitrogens with one attached hydrogen (secondary N) is 1. The van der Waals surface area contributed by atoms with Crippen molar-refractivity contribution in [1.82, 2.24) is 15.0 Å². The lowest BCUT2D eigenvalue weighted by molar-refractivity contribution is 1.05. The number of hydrogen-bond acceptors (Lipinski definition) is 6. The van der Waals surface area contributed by atoms with E-state index in [9.17, 15) is 0 Å². The van der Waals surface area contributed by atoms with Gasteiger partial charge in [-0.25, -0.2) is 0 Å². The Hall–Kier alpha value is -0.939. The molecule has 0 atom stereocenters. The second-order valence-corrected chi connectivity index (χ2v) is 23.1. The van der Waals surface area contributed by atoms with Crippen LogP contribution in [0.3, 0.4) is 0 Å². The zero-order chi connectivity index (χ0) is 16.6. The summed E-state index contributed by atoms with van der Waals surface area (Å²) in [5.74, 6) is 1.64. The Morgan fingerprint density at radius 1 is 0.810 bits per heavy atom. The molecule has 0 unspecified atom stereocenters. The van der Waals surface area contributed by atoms with E-state index in [0.29, 0.717) is 11.9 Å². The van der Waals surface area contributed by atoms with E-state index in [-0.39, 0.29) is 0 Å². The first-order chi connectivity index (χ1) is 9.20. The fourth-order valence-corrected chi connectivity index (χ4v) is 12.7. The van der Waals surface area contributed by atoms with Crippen molar-refractivity contribution in [3.8, 4) is 0 Å². The Kier molecular flexibility index (Phi) is 4.91. The fourth-order valence-electron chi connectivity index (χ4n) is 2.48. The van der Waals surface area contributed by atoms with E-state index in [1.54, 1.807) is 0 Å². The van der Waals surface area contributed by atoms with Crippen LogP contribution >= 0.6 is 0 Å². The molecule has 1 heterocycles. The highest BCUT2D eigenvalue weighted by atomic mass is 28.4. The van der Waals surface area contributed by atoms with Crippen molar-refractivity contribution in [2.75, 3.05) is 14.9 Å². The van der Waals surface area contributed by atoms with Gasteiger partial charge < -0.3 is 14.9 Å². The molecule has 1 aromatic heterocycles. The maximum Gasteiger partial charge on any atom is 0.226 e. The molecular formula is C12H30N6Si3. The highest BCUT2D eigenvalue weighted by Gasteiger charge is 2.37. The summed E-state index contributed by atoms with van der Waals surface area (Å²) < 4.78 is 2.45. The highest BCUT2D eigenvalue weighted by molar-refractivity contribution is 6.99. The summed E-state index contributed by atoms with van der Waals surface area (Å²) >= 11 is 0. The van der Waals surface area contributed by atoms with Gasteiger partial charge in [0.05, 0.1) is 0 Å². The minimum absolute atomic E-state index is 0.294. The molecule has 0 saturated carbocycles. The Labute approximate surface area is 131 Å². The maximum absolute atomic E-state index is 5.92. The molecular weight excluding hydrogens is 312 g/mol. The Bertz CT molecular complexity index is 487. The second kappa shape index (κ2) is 5.69. The molecule has 120 valence electrons. The van der Waals surface area contributed by atoms with Crippen molar-refractivity contribution >= 4 is 42.6 Å². The van der Waals surface area contributed by atoms with Crippen LogP contribution in [0.25, 0.3) is 0 Å². The van der Waals surface area contributed by atoms with Crippen LogP contribution in [-0.2, 0) is 0 Å². The van der Waals surface area contributed by atoms with Crippen LogP contribution in [-0.4, -0.2) is 39.7 Å². The Balaban J connectivity index is 3.34. The first-order valence-corrected chi connectivity index (χ1v) is 17.7. The summed E-state index contributed by atoms with van der Waals surface area (Å²) in [7, 11) is -4.72. The van der Waals surface area contributed by atoms with Gasteiger partial charge in [-0.2, -0.15) is 15.0 Å². The van der Waals surface area contributed by atoms with Gasteiger partial charge in [0.1, 0.15) is 24.7 Å². The van der Waals surface area contributed by atoms with E-state index >= 15 is 0 Å². The molecule has 0 radical (unpaired) electrons. The molecule has 0 spiro atoms. The van der Waals surface area contributed by atoms with Crippen molar-refractivity contribution in [2.24, 2.45) is 0 Å². The predicted molar refractivity (Wildman–Crippen MR) is 100 cm³/mol. The number of aromatic nitrogens is 3. The lowest BCUT2D eigenvalue weighted by atomic mass is 10.8. The van der Waals surface area contributed by atoms with Gasteiger partial charge >= 0.3 is 0 Å². The molecule has 3 N–H and O–H groups in total.